The number of ether oxygens (including phenoxy) is 1. The van der Waals surface area contributed by atoms with Gasteiger partial charge in [-0.3, -0.25) is 19.3 Å². The first-order valence-electron chi connectivity index (χ1n) is 11.6. The number of primary amides is 1. The van der Waals surface area contributed by atoms with Crippen LogP contribution < -0.4 is 5.73 Å². The maximum absolute atomic E-state index is 13.8. The number of nitrogens with zero attached hydrogens (tertiary/aromatic N) is 1. The third-order valence-corrected chi connectivity index (χ3v) is 8.01. The molecule has 35 heavy (non-hydrogen) atoms. The molecule has 186 valence electrons. The Hall–Kier alpha value is -3.21. The van der Waals surface area contributed by atoms with Gasteiger partial charge in [-0.2, -0.15) is 0 Å². The van der Waals surface area contributed by atoms with Crippen LogP contribution in [0.15, 0.2) is 29.0 Å². The molecule has 1 aliphatic heterocycles. The van der Waals surface area contributed by atoms with Crippen molar-refractivity contribution in [2.75, 3.05) is 27.3 Å². The molecule has 10 heteroatoms. The van der Waals surface area contributed by atoms with E-state index in [2.05, 4.69) is 0 Å². The number of phenolic OH excluding ortho intramolecular Hbond substituents is 1. The lowest BCUT2D eigenvalue weighted by atomic mass is 9.57. The van der Waals surface area contributed by atoms with Crippen LogP contribution >= 0.6 is 0 Å². The van der Waals surface area contributed by atoms with E-state index in [0.29, 0.717) is 18.8 Å². The normalized spacial score (nSPS) is 32.6. The Morgan fingerprint density at radius 3 is 2.49 bits per heavy atom. The fourth-order valence-electron chi connectivity index (χ4n) is 6.43. The summed E-state index contributed by atoms with van der Waals surface area (Å²) in [5, 5.41) is 44.3. The van der Waals surface area contributed by atoms with Crippen LogP contribution in [0.5, 0.6) is 5.75 Å². The van der Waals surface area contributed by atoms with E-state index in [1.165, 1.54) is 11.0 Å². The largest absolute Gasteiger partial charge is 0.508 e. The van der Waals surface area contributed by atoms with Crippen LogP contribution in [0.2, 0.25) is 0 Å². The van der Waals surface area contributed by atoms with E-state index in [-0.39, 0.29) is 35.6 Å². The molecule has 1 amide bonds. The summed E-state index contributed by atoms with van der Waals surface area (Å²) in [5.74, 6) is -6.40. The quantitative estimate of drug-likeness (QED) is 0.383. The molecule has 10 nitrogen and oxygen atoms in total. The van der Waals surface area contributed by atoms with Crippen LogP contribution in [-0.2, 0) is 25.5 Å². The van der Waals surface area contributed by atoms with Crippen LogP contribution in [0.1, 0.15) is 35.4 Å². The highest BCUT2D eigenvalue weighted by atomic mass is 16.5. The lowest BCUT2D eigenvalue weighted by Crippen LogP contribution is -2.65. The zero-order chi connectivity index (χ0) is 25.4. The van der Waals surface area contributed by atoms with Crippen LogP contribution in [0.4, 0.5) is 0 Å². The summed E-state index contributed by atoms with van der Waals surface area (Å²) in [7, 11) is 3.15. The molecule has 1 aromatic carbocycles. The molecule has 5 rings (SSSR count). The van der Waals surface area contributed by atoms with Crippen molar-refractivity contribution in [3.05, 3.63) is 45.7 Å². The molecular formula is C25H28N2O8. The summed E-state index contributed by atoms with van der Waals surface area (Å²) in [6.07, 6.45) is 1.14. The van der Waals surface area contributed by atoms with Gasteiger partial charge in [0.2, 0.25) is 5.78 Å². The topological polar surface area (TPSA) is 171 Å². The van der Waals surface area contributed by atoms with Crippen LogP contribution in [0.25, 0.3) is 5.76 Å². The second-order valence-corrected chi connectivity index (χ2v) is 10.0. The van der Waals surface area contributed by atoms with Gasteiger partial charge in [-0.05, 0) is 56.5 Å². The smallest absolute Gasteiger partial charge is 0.255 e. The SMILES string of the molecule is CN(C)C1C(=O)C(C(N)=O)=C(O)C2(O)C(=O)C3=C(O)c4c(O)ccc(C5CCOC5)c4CC3CC12. The van der Waals surface area contributed by atoms with Gasteiger partial charge >= 0.3 is 0 Å². The van der Waals surface area contributed by atoms with Gasteiger partial charge in [0, 0.05) is 24.0 Å². The number of fused-ring (bicyclic) bond motifs is 3. The zero-order valence-corrected chi connectivity index (χ0v) is 19.4. The van der Waals surface area contributed by atoms with Crippen LogP contribution in [-0.4, -0.2) is 81.8 Å². The average molecular weight is 485 g/mol. The molecule has 2 fully saturated rings. The average Bonchev–Trinajstić information content (AvgIpc) is 3.30. The summed E-state index contributed by atoms with van der Waals surface area (Å²) in [6, 6.07) is 2.16. The maximum Gasteiger partial charge on any atom is 0.255 e. The first-order chi connectivity index (χ1) is 16.5. The number of ketones is 2. The predicted octanol–water partition coefficient (Wildman–Crippen LogP) is 0.468. The van der Waals surface area contributed by atoms with E-state index in [0.717, 1.165) is 12.0 Å². The minimum Gasteiger partial charge on any atom is -0.508 e. The van der Waals surface area contributed by atoms with Crippen molar-refractivity contribution in [1.29, 1.82) is 0 Å². The first-order valence-corrected chi connectivity index (χ1v) is 11.6. The Bertz CT molecular complexity index is 1230. The molecule has 0 aromatic heterocycles. The minimum atomic E-state index is -2.63. The van der Waals surface area contributed by atoms with E-state index < -0.39 is 58.0 Å². The standard InChI is InChI=1S/C25H28N2O8/c1-27(2)19-14-8-11-7-13-12(10-5-6-35-9-10)3-4-15(28)17(13)20(29)16(11)22(31)25(14,34)23(32)18(21(19)30)24(26)33/h3-4,10-11,14,19,28-29,32,34H,5-9H2,1-2H3,(H2,26,33). The number of hydrogen-bond acceptors (Lipinski definition) is 9. The lowest BCUT2D eigenvalue weighted by molar-refractivity contribution is -0.153. The van der Waals surface area contributed by atoms with Gasteiger partial charge in [0.15, 0.2) is 11.4 Å². The van der Waals surface area contributed by atoms with Crippen molar-refractivity contribution in [3.8, 4) is 5.75 Å². The van der Waals surface area contributed by atoms with Gasteiger partial charge in [0.1, 0.15) is 22.8 Å². The van der Waals surface area contributed by atoms with Gasteiger partial charge < -0.3 is 30.9 Å². The molecule has 1 aromatic rings. The molecule has 1 saturated carbocycles. The number of rotatable bonds is 3. The zero-order valence-electron chi connectivity index (χ0n) is 19.4. The van der Waals surface area contributed by atoms with Gasteiger partial charge in [-0.15, -0.1) is 0 Å². The Balaban J connectivity index is 1.72. The van der Waals surface area contributed by atoms with Crippen molar-refractivity contribution in [3.63, 3.8) is 0 Å². The molecule has 4 aliphatic rings. The number of aliphatic hydroxyl groups is 3. The number of aliphatic hydroxyl groups excluding tert-OH is 2. The van der Waals surface area contributed by atoms with Gasteiger partial charge in [0.25, 0.3) is 5.91 Å². The summed E-state index contributed by atoms with van der Waals surface area (Å²) in [5.41, 5.74) is 3.47. The van der Waals surface area contributed by atoms with E-state index in [1.807, 2.05) is 0 Å². The third kappa shape index (κ3) is 3.10. The number of carbonyl (C=O) groups excluding carboxylic acids is 3. The molecule has 0 spiro atoms. The fraction of sp³-hybridized carbons (Fsp3) is 0.480. The Kier molecular flexibility index (Phi) is 5.31. The molecule has 1 saturated heterocycles. The molecule has 1 heterocycles. The second kappa shape index (κ2) is 7.91. The molecule has 0 radical (unpaired) electrons. The summed E-state index contributed by atoms with van der Waals surface area (Å²) < 4.78 is 5.52. The highest BCUT2D eigenvalue weighted by Crippen LogP contribution is 2.53. The van der Waals surface area contributed by atoms with E-state index in [9.17, 15) is 34.8 Å². The highest BCUT2D eigenvalue weighted by Gasteiger charge is 2.64. The fourth-order valence-corrected chi connectivity index (χ4v) is 6.43. The Morgan fingerprint density at radius 1 is 1.17 bits per heavy atom. The number of benzene rings is 1. The number of likely N-dealkylation sites (N-methyl/N-ethyl adjacent to an activating group) is 1. The van der Waals surface area contributed by atoms with Crippen molar-refractivity contribution >= 4 is 23.2 Å². The van der Waals surface area contributed by atoms with E-state index in [4.69, 9.17) is 10.5 Å². The monoisotopic (exact) mass is 484 g/mol. The highest BCUT2D eigenvalue weighted by molar-refractivity contribution is 6.24. The molecule has 6 N–H and O–H groups in total. The Morgan fingerprint density at radius 2 is 1.89 bits per heavy atom. The minimum absolute atomic E-state index is 0.0715. The molecule has 3 aliphatic carbocycles. The number of amides is 1. The lowest BCUT2D eigenvalue weighted by Gasteiger charge is -2.50. The molecule has 5 atom stereocenters. The molecule has 0 bridgehead atoms. The number of hydrogen-bond donors (Lipinski definition) is 5. The van der Waals surface area contributed by atoms with Gasteiger partial charge in [-0.1, -0.05) is 6.07 Å². The number of Topliss-reactive ketones (excluding diaryl/α,β-unsaturated/α-hetero) is 2. The summed E-state index contributed by atoms with van der Waals surface area (Å²) in [6.45, 7) is 1.11. The van der Waals surface area contributed by atoms with Crippen molar-refractivity contribution in [1.82, 2.24) is 4.90 Å². The number of carbonyl (C=O) groups is 3. The van der Waals surface area contributed by atoms with Crippen LogP contribution in [0.3, 0.4) is 0 Å². The molecular weight excluding hydrogens is 456 g/mol. The van der Waals surface area contributed by atoms with Crippen molar-refractivity contribution < 1.29 is 39.5 Å². The number of aromatic hydroxyl groups is 1. The number of phenols is 1. The predicted molar refractivity (Wildman–Crippen MR) is 122 cm³/mol. The third-order valence-electron chi connectivity index (χ3n) is 8.01. The van der Waals surface area contributed by atoms with Gasteiger partial charge in [-0.25, -0.2) is 0 Å². The number of nitrogens with two attached hydrogens (primary N) is 1. The van der Waals surface area contributed by atoms with Crippen LogP contribution in [0, 0.1) is 11.8 Å². The van der Waals surface area contributed by atoms with E-state index in [1.54, 1.807) is 20.2 Å². The second-order valence-electron chi connectivity index (χ2n) is 10.0. The molecule has 5 unspecified atom stereocenters. The summed E-state index contributed by atoms with van der Waals surface area (Å²) >= 11 is 0. The van der Waals surface area contributed by atoms with Crippen molar-refractivity contribution in [2.45, 2.75) is 36.8 Å². The van der Waals surface area contributed by atoms with E-state index >= 15 is 0 Å². The first kappa shape index (κ1) is 23.5. The van der Waals surface area contributed by atoms with Gasteiger partial charge in [0.05, 0.1) is 18.2 Å². The Labute approximate surface area is 201 Å². The maximum atomic E-state index is 13.8. The summed E-state index contributed by atoms with van der Waals surface area (Å²) in [4.78, 5) is 40.4. The van der Waals surface area contributed by atoms with Crippen molar-refractivity contribution in [2.24, 2.45) is 17.6 Å².